The van der Waals surface area contributed by atoms with Gasteiger partial charge in [0.15, 0.2) is 5.82 Å². The number of hydrogen-bond donors (Lipinski definition) is 2. The summed E-state index contributed by atoms with van der Waals surface area (Å²) in [6.07, 6.45) is 1.49. The number of alkyl halides is 1. The minimum absolute atomic E-state index is 0.00416. The number of piperidine rings is 1. The molecule has 13 heteroatoms. The first-order valence-corrected chi connectivity index (χ1v) is 15.5. The van der Waals surface area contributed by atoms with Gasteiger partial charge in [-0.15, -0.1) is 0 Å². The van der Waals surface area contributed by atoms with Crippen LogP contribution in [0, 0.1) is 29.6 Å². The molecule has 224 valence electrons. The Balaban J connectivity index is 1.33. The fraction of sp³-hybridized carbons (Fsp3) is 0.355. The van der Waals surface area contributed by atoms with Crippen LogP contribution in [0.5, 0.6) is 0 Å². The number of carbonyl (C=O) groups excluding carboxylic acids is 1. The van der Waals surface area contributed by atoms with Gasteiger partial charge in [0.05, 0.1) is 30.1 Å². The quantitative estimate of drug-likeness (QED) is 0.329. The van der Waals surface area contributed by atoms with Gasteiger partial charge in [-0.2, -0.15) is 27.4 Å². The number of aryl methyl sites for hydroxylation is 1. The van der Waals surface area contributed by atoms with Gasteiger partial charge in [0, 0.05) is 54.8 Å². The van der Waals surface area contributed by atoms with Crippen LogP contribution in [0.4, 0.5) is 21.7 Å². The minimum Gasteiger partial charge on any atom is -0.354 e. The van der Waals surface area contributed by atoms with Crippen LogP contribution in [0.2, 0.25) is 0 Å². The summed E-state index contributed by atoms with van der Waals surface area (Å²) < 4.78 is 17.9. The summed E-state index contributed by atoms with van der Waals surface area (Å²) in [6.45, 7) is 3.65. The van der Waals surface area contributed by atoms with E-state index in [9.17, 15) is 14.9 Å². The predicted octanol–water partition coefficient (Wildman–Crippen LogP) is 4.09. The number of nitrogens with zero attached hydrogens (tertiary/aromatic N) is 7. The summed E-state index contributed by atoms with van der Waals surface area (Å²) in [5, 5.41) is 27.1. The van der Waals surface area contributed by atoms with Gasteiger partial charge in [-0.1, -0.05) is 0 Å². The van der Waals surface area contributed by atoms with Crippen molar-refractivity contribution >= 4 is 45.9 Å². The number of thioether (sulfide) groups is 1. The lowest BCUT2D eigenvalue weighted by atomic mass is 9.83. The van der Waals surface area contributed by atoms with E-state index < -0.39 is 17.3 Å². The summed E-state index contributed by atoms with van der Waals surface area (Å²) in [6, 6.07) is 14.5. The normalized spacial score (nSPS) is 20.2. The number of nitrogens with one attached hydrogen (secondary N) is 2. The zero-order chi connectivity index (χ0) is 30.8. The van der Waals surface area contributed by atoms with Crippen molar-refractivity contribution in [1.29, 1.82) is 10.5 Å². The van der Waals surface area contributed by atoms with Gasteiger partial charge in [-0.25, -0.2) is 9.37 Å². The van der Waals surface area contributed by atoms with Crippen molar-refractivity contribution in [3.8, 4) is 12.1 Å². The molecule has 4 aromatic rings. The van der Waals surface area contributed by atoms with Crippen molar-refractivity contribution < 1.29 is 9.18 Å². The van der Waals surface area contributed by atoms with Crippen LogP contribution in [0.1, 0.15) is 34.3 Å². The van der Waals surface area contributed by atoms with Gasteiger partial charge in [0.25, 0.3) is 11.5 Å². The standard InChI is InChI=1S/C31H30FN9O2S/c1-20-16-22(3-4-23(20)30(43)39-12-14-44-15-13-39)37-28-27-24(6-10-35-29(27)42)41(38-28)31(7-9-33)8-11-40(19-25(31)32)26-5-2-21(17-34)18-36-26/h2-6,10,16,18,25H,7-8,11-15,19H2,1H3,(H,35,42)(H,37,38)/t25?,31-/m1/s1. The Hall–Kier alpha value is -4.88. The zero-order valence-electron chi connectivity index (χ0n) is 24.1. The first-order chi connectivity index (χ1) is 21.3. The van der Waals surface area contributed by atoms with Crippen molar-refractivity contribution in [2.24, 2.45) is 0 Å². The highest BCUT2D eigenvalue weighted by Crippen LogP contribution is 2.40. The summed E-state index contributed by atoms with van der Waals surface area (Å²) in [7, 11) is 0. The molecular weight excluding hydrogens is 581 g/mol. The lowest BCUT2D eigenvalue weighted by Crippen LogP contribution is -2.55. The summed E-state index contributed by atoms with van der Waals surface area (Å²) in [5.41, 5.74) is 1.11. The molecule has 3 aromatic heterocycles. The van der Waals surface area contributed by atoms with Gasteiger partial charge in [0.2, 0.25) is 0 Å². The third kappa shape index (κ3) is 5.24. The molecule has 6 rings (SSSR count). The summed E-state index contributed by atoms with van der Waals surface area (Å²) in [5.74, 6) is 2.61. The van der Waals surface area contributed by atoms with E-state index in [2.05, 4.69) is 21.4 Å². The number of carbonyl (C=O) groups is 1. The Morgan fingerprint density at radius 3 is 2.70 bits per heavy atom. The molecule has 0 spiro atoms. The predicted molar refractivity (Wildman–Crippen MR) is 167 cm³/mol. The molecule has 1 unspecified atom stereocenters. The highest BCUT2D eigenvalue weighted by Gasteiger charge is 2.47. The smallest absolute Gasteiger partial charge is 0.261 e. The number of halogens is 1. The lowest BCUT2D eigenvalue weighted by molar-refractivity contribution is 0.0771. The van der Waals surface area contributed by atoms with E-state index in [4.69, 9.17) is 10.4 Å². The van der Waals surface area contributed by atoms with Crippen molar-refractivity contribution in [2.45, 2.75) is 31.5 Å². The molecule has 2 saturated heterocycles. The fourth-order valence-corrected chi connectivity index (χ4v) is 6.90. The number of aromatic nitrogens is 4. The average molecular weight is 612 g/mol. The Morgan fingerprint density at radius 2 is 2.02 bits per heavy atom. The second-order valence-electron chi connectivity index (χ2n) is 11.0. The molecular formula is C31H30FN9O2S. The van der Waals surface area contributed by atoms with Crippen LogP contribution in [0.3, 0.4) is 0 Å². The molecule has 0 saturated carbocycles. The number of nitriles is 2. The molecule has 2 fully saturated rings. The molecule has 2 aliphatic rings. The number of fused-ring (bicyclic) bond motifs is 1. The molecule has 0 radical (unpaired) electrons. The Morgan fingerprint density at radius 1 is 1.20 bits per heavy atom. The molecule has 1 aromatic carbocycles. The molecule has 2 N–H and O–H groups in total. The van der Waals surface area contributed by atoms with Crippen LogP contribution >= 0.6 is 11.8 Å². The number of hydrogen-bond acceptors (Lipinski definition) is 9. The van der Waals surface area contributed by atoms with Gasteiger partial charge in [0.1, 0.15) is 29.0 Å². The molecule has 1 amide bonds. The van der Waals surface area contributed by atoms with E-state index in [0.29, 0.717) is 34.7 Å². The van der Waals surface area contributed by atoms with Crippen LogP contribution in [0.15, 0.2) is 53.6 Å². The SMILES string of the molecule is Cc1cc(Nc2nn([C@]3(CC#N)CCN(c4ccc(C#N)cn4)CC3F)c3cc[nH]c(=O)c23)ccc1C(=O)N1CCSCC1. The monoisotopic (exact) mass is 611 g/mol. The molecule has 44 heavy (non-hydrogen) atoms. The van der Waals surface area contributed by atoms with Gasteiger partial charge >= 0.3 is 0 Å². The lowest BCUT2D eigenvalue weighted by Gasteiger charge is -2.44. The topological polar surface area (TPSA) is 147 Å². The highest BCUT2D eigenvalue weighted by atomic mass is 32.2. The van der Waals surface area contributed by atoms with Crippen LogP contribution in [0.25, 0.3) is 10.9 Å². The van der Waals surface area contributed by atoms with Crippen LogP contribution < -0.4 is 15.8 Å². The van der Waals surface area contributed by atoms with E-state index in [0.717, 1.165) is 30.2 Å². The van der Waals surface area contributed by atoms with Gasteiger partial charge in [-0.3, -0.25) is 14.3 Å². The number of amides is 1. The van der Waals surface area contributed by atoms with Crippen molar-refractivity contribution in [3.63, 3.8) is 0 Å². The van der Waals surface area contributed by atoms with Crippen LogP contribution in [-0.2, 0) is 5.54 Å². The van der Waals surface area contributed by atoms with Crippen molar-refractivity contribution in [3.05, 3.63) is 75.8 Å². The molecule has 5 heterocycles. The summed E-state index contributed by atoms with van der Waals surface area (Å²) >= 11 is 1.84. The molecule has 2 aliphatic heterocycles. The third-order valence-corrected chi connectivity index (χ3v) is 9.35. The number of aromatic amines is 1. The molecule has 0 bridgehead atoms. The second kappa shape index (κ2) is 12.0. The minimum atomic E-state index is -1.52. The summed E-state index contributed by atoms with van der Waals surface area (Å²) in [4.78, 5) is 36.9. The Bertz CT molecular complexity index is 1850. The number of rotatable bonds is 6. The van der Waals surface area contributed by atoms with Gasteiger partial charge in [-0.05, 0) is 55.3 Å². The van der Waals surface area contributed by atoms with Crippen LogP contribution in [-0.4, -0.2) is 74.4 Å². The maximum atomic E-state index is 16.4. The fourth-order valence-electron chi connectivity index (χ4n) is 6.00. The van der Waals surface area contributed by atoms with Crippen molar-refractivity contribution in [2.75, 3.05) is 47.9 Å². The maximum Gasteiger partial charge on any atom is 0.261 e. The largest absolute Gasteiger partial charge is 0.354 e. The van der Waals surface area contributed by atoms with E-state index >= 15 is 4.39 Å². The van der Waals surface area contributed by atoms with E-state index in [1.165, 1.54) is 17.1 Å². The molecule has 2 atom stereocenters. The first kappa shape index (κ1) is 29.2. The molecule has 0 aliphatic carbocycles. The third-order valence-electron chi connectivity index (χ3n) is 8.41. The number of anilines is 3. The number of pyridine rings is 2. The van der Waals surface area contributed by atoms with E-state index in [-0.39, 0.29) is 36.5 Å². The first-order valence-electron chi connectivity index (χ1n) is 14.3. The maximum absolute atomic E-state index is 16.4. The highest BCUT2D eigenvalue weighted by molar-refractivity contribution is 7.99. The van der Waals surface area contributed by atoms with Crippen molar-refractivity contribution in [1.82, 2.24) is 24.6 Å². The van der Waals surface area contributed by atoms with E-state index in [1.807, 2.05) is 35.7 Å². The zero-order valence-corrected chi connectivity index (χ0v) is 24.9. The number of benzene rings is 1. The molecule has 11 nitrogen and oxygen atoms in total. The average Bonchev–Trinajstić information content (AvgIpc) is 3.42. The van der Waals surface area contributed by atoms with Gasteiger partial charge < -0.3 is 20.1 Å². The van der Waals surface area contributed by atoms with E-state index in [1.54, 1.807) is 35.2 Å². The second-order valence-corrected chi connectivity index (χ2v) is 12.2. The Labute approximate surface area is 257 Å². The Kier molecular flexibility index (Phi) is 7.97. The number of H-pyrrole nitrogens is 1.